The van der Waals surface area contributed by atoms with E-state index in [0.717, 1.165) is 67.2 Å². The van der Waals surface area contributed by atoms with E-state index < -0.39 is 5.41 Å². The molecule has 0 aromatic heterocycles. The monoisotopic (exact) mass is 800 g/mol. The lowest BCUT2D eigenvalue weighted by Crippen LogP contribution is -2.32. The van der Waals surface area contributed by atoms with E-state index in [4.69, 9.17) is 0 Å². The molecule has 0 fully saturated rings. The maximum atomic E-state index is 10.0. The summed E-state index contributed by atoms with van der Waals surface area (Å²) in [6, 6.07) is 74.7. The van der Waals surface area contributed by atoms with Gasteiger partial charge >= 0.3 is 0 Å². The van der Waals surface area contributed by atoms with E-state index in [1.165, 1.54) is 22.3 Å². The first-order chi connectivity index (χ1) is 31.0. The molecule has 0 N–H and O–H groups in total. The number of nitrogens with zero attached hydrogens (tertiary/aromatic N) is 6. The molecule has 0 atom stereocenters. The van der Waals surface area contributed by atoms with Crippen molar-refractivity contribution in [3.8, 4) is 46.5 Å². The Labute approximate surface area is 364 Å². The quantitative estimate of drug-likeness (QED) is 0.166. The van der Waals surface area contributed by atoms with Gasteiger partial charge in [-0.05, 0) is 153 Å². The van der Waals surface area contributed by atoms with Gasteiger partial charge in [0.1, 0.15) is 0 Å². The van der Waals surface area contributed by atoms with E-state index >= 15 is 0 Å². The minimum Gasteiger partial charge on any atom is -0.310 e. The number of rotatable bonds is 6. The van der Waals surface area contributed by atoms with Crippen LogP contribution < -0.4 is 9.80 Å². The Kier molecular flexibility index (Phi) is 8.49. The van der Waals surface area contributed by atoms with Crippen molar-refractivity contribution in [2.75, 3.05) is 9.80 Å². The van der Waals surface area contributed by atoms with E-state index in [2.05, 4.69) is 131 Å². The standard InChI is InChI=1S/C57H32N6/c58-33-37-18-22-41(23-19-37)62(43-10-5-8-39(30-43)35-60)45-26-27-48-49-28-29-55(63(42-24-20-38(34-59)21-25-42)44-11-6-9-40(31-44)36-61)50-14-7-17-53(56(49)50)57(54(48)32-45)51-15-3-1-12-46(51)47-13-2-4-16-52(47)57/h1-32H. The van der Waals surface area contributed by atoms with Gasteiger partial charge in [0.05, 0.1) is 57.6 Å². The molecule has 6 heteroatoms. The highest BCUT2D eigenvalue weighted by Crippen LogP contribution is 2.63. The molecule has 290 valence electrons. The molecule has 6 nitrogen and oxygen atoms in total. The molecule has 0 aliphatic heterocycles. The SMILES string of the molecule is N#Cc1ccc(N(c2cccc(C#N)c2)c2ccc3c(c2)C2(c4ccccc4-c4ccccc42)c2cccc4c(N(c5ccc(C#N)cc5)c5cccc(C#N)c5)ccc-3c24)cc1. The Hall–Kier alpha value is -9.20. The van der Waals surface area contributed by atoms with E-state index in [-0.39, 0.29) is 0 Å². The van der Waals surface area contributed by atoms with Gasteiger partial charge in [-0.15, -0.1) is 0 Å². The minimum atomic E-state index is -0.742. The van der Waals surface area contributed by atoms with Crippen LogP contribution in [0, 0.1) is 45.3 Å². The molecule has 0 saturated heterocycles. The van der Waals surface area contributed by atoms with Gasteiger partial charge in [-0.3, -0.25) is 0 Å². The largest absolute Gasteiger partial charge is 0.310 e. The highest BCUT2D eigenvalue weighted by atomic mass is 15.1. The van der Waals surface area contributed by atoms with Gasteiger partial charge in [0.2, 0.25) is 0 Å². The molecule has 2 aliphatic carbocycles. The molecular weight excluding hydrogens is 769 g/mol. The fourth-order valence-corrected chi connectivity index (χ4v) is 9.97. The Bertz CT molecular complexity index is 3480. The lowest BCUT2D eigenvalue weighted by molar-refractivity contribution is 0.773. The van der Waals surface area contributed by atoms with Crippen LogP contribution in [0.3, 0.4) is 0 Å². The predicted octanol–water partition coefficient (Wildman–Crippen LogP) is 13.6. The van der Waals surface area contributed by atoms with Crippen molar-refractivity contribution in [2.45, 2.75) is 5.41 Å². The second kappa shape index (κ2) is 14.5. The normalized spacial score (nSPS) is 12.2. The summed E-state index contributed by atoms with van der Waals surface area (Å²) >= 11 is 0. The van der Waals surface area contributed by atoms with Gasteiger partial charge in [0.25, 0.3) is 0 Å². The first-order valence-corrected chi connectivity index (χ1v) is 20.6. The molecule has 0 unspecified atom stereocenters. The predicted molar refractivity (Wildman–Crippen MR) is 248 cm³/mol. The smallest absolute Gasteiger partial charge is 0.0992 e. The summed E-state index contributed by atoms with van der Waals surface area (Å²) in [5.41, 5.74) is 15.9. The molecule has 9 aromatic carbocycles. The summed E-state index contributed by atoms with van der Waals surface area (Å²) in [7, 11) is 0. The van der Waals surface area contributed by atoms with Crippen LogP contribution in [-0.2, 0) is 5.41 Å². The van der Waals surface area contributed by atoms with E-state index in [1.54, 1.807) is 0 Å². The van der Waals surface area contributed by atoms with Gasteiger partial charge in [-0.1, -0.05) is 91.0 Å². The van der Waals surface area contributed by atoms with Crippen LogP contribution >= 0.6 is 0 Å². The zero-order valence-corrected chi connectivity index (χ0v) is 33.7. The van der Waals surface area contributed by atoms with Crippen molar-refractivity contribution in [3.63, 3.8) is 0 Å². The summed E-state index contributed by atoms with van der Waals surface area (Å²) in [6.45, 7) is 0. The summed E-state index contributed by atoms with van der Waals surface area (Å²) in [4.78, 5) is 4.34. The fourth-order valence-electron chi connectivity index (χ4n) is 9.97. The van der Waals surface area contributed by atoms with Gasteiger partial charge in [-0.2, -0.15) is 21.0 Å². The molecular formula is C57H32N6. The highest BCUT2D eigenvalue weighted by Gasteiger charge is 2.50. The zero-order chi connectivity index (χ0) is 42.7. The van der Waals surface area contributed by atoms with Crippen molar-refractivity contribution in [1.82, 2.24) is 0 Å². The Morgan fingerprint density at radius 3 is 1.37 bits per heavy atom. The number of benzene rings is 9. The van der Waals surface area contributed by atoms with Crippen molar-refractivity contribution < 1.29 is 0 Å². The average molecular weight is 801 g/mol. The van der Waals surface area contributed by atoms with E-state index in [0.29, 0.717) is 22.3 Å². The van der Waals surface area contributed by atoms with E-state index in [9.17, 15) is 21.0 Å². The van der Waals surface area contributed by atoms with Crippen molar-refractivity contribution in [1.29, 1.82) is 21.0 Å². The van der Waals surface area contributed by atoms with Crippen molar-refractivity contribution >= 4 is 44.9 Å². The van der Waals surface area contributed by atoms with Crippen LogP contribution in [0.1, 0.15) is 44.5 Å². The second-order valence-corrected chi connectivity index (χ2v) is 15.7. The summed E-state index contributed by atoms with van der Waals surface area (Å²) < 4.78 is 0. The molecule has 63 heavy (non-hydrogen) atoms. The minimum absolute atomic E-state index is 0.546. The molecule has 2 aliphatic rings. The lowest BCUT2D eigenvalue weighted by Gasteiger charge is -2.41. The third-order valence-electron chi connectivity index (χ3n) is 12.5. The molecule has 1 spiro atoms. The van der Waals surface area contributed by atoms with Crippen LogP contribution in [0.15, 0.2) is 194 Å². The van der Waals surface area contributed by atoms with Crippen LogP contribution in [0.2, 0.25) is 0 Å². The average Bonchev–Trinajstić information content (AvgIpc) is 3.65. The molecule has 0 heterocycles. The highest BCUT2D eigenvalue weighted by molar-refractivity contribution is 6.12. The number of nitriles is 4. The molecule has 9 aromatic rings. The Morgan fingerprint density at radius 2 is 0.778 bits per heavy atom. The van der Waals surface area contributed by atoms with Crippen LogP contribution in [0.25, 0.3) is 33.0 Å². The first-order valence-electron chi connectivity index (χ1n) is 20.6. The topological polar surface area (TPSA) is 102 Å². The van der Waals surface area contributed by atoms with Crippen molar-refractivity contribution in [3.05, 3.63) is 239 Å². The molecule has 0 amide bonds. The molecule has 0 saturated carbocycles. The number of hydrogen-bond acceptors (Lipinski definition) is 6. The van der Waals surface area contributed by atoms with Gasteiger partial charge < -0.3 is 9.80 Å². The maximum Gasteiger partial charge on any atom is 0.0992 e. The van der Waals surface area contributed by atoms with Gasteiger partial charge in [0.15, 0.2) is 0 Å². The van der Waals surface area contributed by atoms with Crippen LogP contribution in [-0.4, -0.2) is 0 Å². The fraction of sp³-hybridized carbons (Fsp3) is 0.0175. The molecule has 0 radical (unpaired) electrons. The van der Waals surface area contributed by atoms with Crippen LogP contribution in [0.4, 0.5) is 34.1 Å². The number of fused-ring (bicyclic) bond motifs is 9. The molecule has 0 bridgehead atoms. The Morgan fingerprint density at radius 1 is 0.317 bits per heavy atom. The number of hydrogen-bond donors (Lipinski definition) is 0. The van der Waals surface area contributed by atoms with Gasteiger partial charge in [0, 0.05) is 33.8 Å². The molecule has 11 rings (SSSR count). The summed E-state index contributed by atoms with van der Waals surface area (Å²) in [5, 5.41) is 41.6. The third kappa shape index (κ3) is 5.54. The summed E-state index contributed by atoms with van der Waals surface area (Å²) in [6.07, 6.45) is 0. The summed E-state index contributed by atoms with van der Waals surface area (Å²) in [5.74, 6) is 0. The maximum absolute atomic E-state index is 10.0. The lowest BCUT2D eigenvalue weighted by atomic mass is 9.61. The second-order valence-electron chi connectivity index (χ2n) is 15.7. The Balaban J connectivity index is 1.23. The zero-order valence-electron chi connectivity index (χ0n) is 33.7. The van der Waals surface area contributed by atoms with E-state index in [1.807, 2.05) is 97.1 Å². The van der Waals surface area contributed by atoms with Crippen LogP contribution in [0.5, 0.6) is 0 Å². The van der Waals surface area contributed by atoms with Crippen molar-refractivity contribution in [2.24, 2.45) is 0 Å². The first kappa shape index (κ1) is 36.8. The third-order valence-corrected chi connectivity index (χ3v) is 12.5. The van der Waals surface area contributed by atoms with Gasteiger partial charge in [-0.25, -0.2) is 0 Å². The number of anilines is 6.